The molecule has 0 bridgehead atoms. The molecule has 0 saturated heterocycles. The molecule has 0 spiro atoms. The van der Waals surface area contributed by atoms with Crippen LogP contribution in [0.25, 0.3) is 10.2 Å². The minimum atomic E-state index is -0.131. The van der Waals surface area contributed by atoms with Gasteiger partial charge in [0.2, 0.25) is 0 Å². The van der Waals surface area contributed by atoms with E-state index in [9.17, 15) is 4.79 Å². The van der Waals surface area contributed by atoms with Crippen molar-refractivity contribution >= 4 is 60.1 Å². The number of thiazole rings is 1. The summed E-state index contributed by atoms with van der Waals surface area (Å²) in [4.78, 5) is 23.7. The molecule has 0 unspecified atom stereocenters. The second-order valence-corrected chi connectivity index (χ2v) is 8.23. The molecule has 0 atom stereocenters. The van der Waals surface area contributed by atoms with E-state index in [2.05, 4.69) is 25.9 Å². The maximum absolute atomic E-state index is 13.2. The van der Waals surface area contributed by atoms with Gasteiger partial charge >= 0.3 is 0 Å². The van der Waals surface area contributed by atoms with E-state index in [0.29, 0.717) is 22.3 Å². The van der Waals surface area contributed by atoms with E-state index in [0.717, 1.165) is 20.3 Å². The standard InChI is InChI=1S/C20H13BrClN3OS/c21-15-5-8-17-18(10-15)27-20(24-17)25(12-13-2-1-9-23-11-13)19(26)14-3-6-16(22)7-4-14/h1-11H,12H2. The molecule has 4 rings (SSSR count). The first-order valence-corrected chi connectivity index (χ1v) is 10.1. The number of aromatic nitrogens is 2. The van der Waals surface area contributed by atoms with Crippen molar-refractivity contribution < 1.29 is 4.79 Å². The summed E-state index contributed by atoms with van der Waals surface area (Å²) < 4.78 is 1.99. The number of rotatable bonds is 4. The highest BCUT2D eigenvalue weighted by Crippen LogP contribution is 2.32. The highest BCUT2D eigenvalue weighted by molar-refractivity contribution is 9.10. The van der Waals surface area contributed by atoms with Gasteiger partial charge in [-0.1, -0.05) is 44.9 Å². The van der Waals surface area contributed by atoms with Crippen LogP contribution in [0.2, 0.25) is 5.02 Å². The van der Waals surface area contributed by atoms with Crippen LogP contribution in [0.3, 0.4) is 0 Å². The van der Waals surface area contributed by atoms with Gasteiger partial charge in [0.15, 0.2) is 5.13 Å². The molecule has 4 nitrogen and oxygen atoms in total. The summed E-state index contributed by atoms with van der Waals surface area (Å²) in [5, 5.41) is 1.24. The van der Waals surface area contributed by atoms with Crippen molar-refractivity contribution in [3.05, 3.63) is 87.6 Å². The van der Waals surface area contributed by atoms with Crippen LogP contribution in [0.5, 0.6) is 0 Å². The molecule has 0 aliphatic heterocycles. The zero-order valence-corrected chi connectivity index (χ0v) is 17.1. The number of carbonyl (C=O) groups excluding carboxylic acids is 1. The van der Waals surface area contributed by atoms with Gasteiger partial charge in [0, 0.05) is 27.5 Å². The second-order valence-electron chi connectivity index (χ2n) is 5.87. The van der Waals surface area contributed by atoms with Crippen LogP contribution in [0.15, 0.2) is 71.5 Å². The molecule has 0 aliphatic rings. The van der Waals surface area contributed by atoms with E-state index in [1.54, 1.807) is 41.6 Å². The third-order valence-corrected chi connectivity index (χ3v) is 5.76. The van der Waals surface area contributed by atoms with Gasteiger partial charge in [0.05, 0.1) is 16.8 Å². The van der Waals surface area contributed by atoms with Crippen LogP contribution in [0, 0.1) is 0 Å². The SMILES string of the molecule is O=C(c1ccc(Cl)cc1)N(Cc1cccnc1)c1nc2ccc(Br)cc2s1. The smallest absolute Gasteiger partial charge is 0.260 e. The van der Waals surface area contributed by atoms with Crippen LogP contribution in [-0.2, 0) is 6.54 Å². The summed E-state index contributed by atoms with van der Waals surface area (Å²) in [5.41, 5.74) is 2.35. The Bertz CT molecular complexity index is 1100. The molecule has 1 amide bonds. The third-order valence-electron chi connectivity index (χ3n) is 3.97. The van der Waals surface area contributed by atoms with Gasteiger partial charge < -0.3 is 0 Å². The van der Waals surface area contributed by atoms with Crippen molar-refractivity contribution in [3.63, 3.8) is 0 Å². The molecule has 0 fully saturated rings. The molecule has 0 radical (unpaired) electrons. The number of carbonyl (C=O) groups is 1. The number of fused-ring (bicyclic) bond motifs is 1. The fourth-order valence-electron chi connectivity index (χ4n) is 2.65. The normalized spacial score (nSPS) is 10.9. The second kappa shape index (κ2) is 7.76. The van der Waals surface area contributed by atoms with Crippen molar-refractivity contribution in [2.75, 3.05) is 4.90 Å². The van der Waals surface area contributed by atoms with Gasteiger partial charge in [-0.2, -0.15) is 0 Å². The fraction of sp³-hybridized carbons (Fsp3) is 0.0500. The summed E-state index contributed by atoms with van der Waals surface area (Å²) in [6.45, 7) is 0.385. The summed E-state index contributed by atoms with van der Waals surface area (Å²) in [7, 11) is 0. The number of pyridine rings is 1. The van der Waals surface area contributed by atoms with E-state index < -0.39 is 0 Å². The number of amides is 1. The van der Waals surface area contributed by atoms with E-state index in [1.165, 1.54) is 11.3 Å². The van der Waals surface area contributed by atoms with Crippen LogP contribution in [-0.4, -0.2) is 15.9 Å². The van der Waals surface area contributed by atoms with Crippen molar-refractivity contribution in [2.24, 2.45) is 0 Å². The van der Waals surface area contributed by atoms with Gasteiger partial charge in [-0.25, -0.2) is 4.98 Å². The number of benzene rings is 2. The maximum Gasteiger partial charge on any atom is 0.260 e. The van der Waals surface area contributed by atoms with Crippen molar-refractivity contribution in [1.82, 2.24) is 9.97 Å². The largest absolute Gasteiger partial charge is 0.279 e. The fourth-order valence-corrected chi connectivity index (χ4v) is 4.29. The summed E-state index contributed by atoms with van der Waals surface area (Å²) in [6, 6.07) is 16.6. The minimum Gasteiger partial charge on any atom is -0.279 e. The molecule has 0 saturated carbocycles. The Morgan fingerprint density at radius 3 is 2.70 bits per heavy atom. The first-order valence-electron chi connectivity index (χ1n) is 8.12. The van der Waals surface area contributed by atoms with E-state index >= 15 is 0 Å². The average molecular weight is 459 g/mol. The molecule has 2 aromatic carbocycles. The first-order chi connectivity index (χ1) is 13.1. The van der Waals surface area contributed by atoms with Crippen LogP contribution < -0.4 is 4.90 Å². The average Bonchev–Trinajstić information content (AvgIpc) is 3.10. The van der Waals surface area contributed by atoms with Gasteiger partial charge in [0.25, 0.3) is 5.91 Å². The number of halogens is 2. The number of nitrogens with zero attached hydrogens (tertiary/aromatic N) is 3. The van der Waals surface area contributed by atoms with Crippen LogP contribution in [0.4, 0.5) is 5.13 Å². The molecule has 4 aromatic rings. The Morgan fingerprint density at radius 1 is 1.15 bits per heavy atom. The van der Waals surface area contributed by atoms with Crippen molar-refractivity contribution in [1.29, 1.82) is 0 Å². The molecule has 2 aromatic heterocycles. The predicted molar refractivity (Wildman–Crippen MR) is 114 cm³/mol. The number of anilines is 1. The first kappa shape index (κ1) is 18.1. The van der Waals surface area contributed by atoms with Crippen molar-refractivity contribution in [2.45, 2.75) is 6.54 Å². The Labute approximate surface area is 173 Å². The summed E-state index contributed by atoms with van der Waals surface area (Å²) in [6.07, 6.45) is 3.47. The molecule has 7 heteroatoms. The topological polar surface area (TPSA) is 46.1 Å². The van der Waals surface area contributed by atoms with E-state index in [4.69, 9.17) is 11.6 Å². The quantitative estimate of drug-likeness (QED) is 0.379. The molecule has 0 N–H and O–H groups in total. The van der Waals surface area contributed by atoms with Gasteiger partial charge in [0.1, 0.15) is 0 Å². The Balaban J connectivity index is 1.76. The molecule has 0 aliphatic carbocycles. The zero-order chi connectivity index (χ0) is 18.8. The van der Waals surface area contributed by atoms with E-state index in [1.807, 2.05) is 30.3 Å². The van der Waals surface area contributed by atoms with E-state index in [-0.39, 0.29) is 5.91 Å². The highest BCUT2D eigenvalue weighted by Gasteiger charge is 2.22. The van der Waals surface area contributed by atoms with Crippen molar-refractivity contribution in [3.8, 4) is 0 Å². The van der Waals surface area contributed by atoms with Gasteiger partial charge in [-0.3, -0.25) is 14.7 Å². The molecular formula is C20H13BrClN3OS. The monoisotopic (exact) mass is 457 g/mol. The Hall–Kier alpha value is -2.28. The maximum atomic E-state index is 13.2. The minimum absolute atomic E-state index is 0.131. The number of hydrogen-bond donors (Lipinski definition) is 0. The zero-order valence-electron chi connectivity index (χ0n) is 14.0. The van der Waals surface area contributed by atoms with Crippen LogP contribution in [0.1, 0.15) is 15.9 Å². The lowest BCUT2D eigenvalue weighted by Crippen LogP contribution is -2.30. The lowest BCUT2D eigenvalue weighted by Gasteiger charge is -2.20. The summed E-state index contributed by atoms with van der Waals surface area (Å²) in [5.74, 6) is -0.131. The Kier molecular flexibility index (Phi) is 5.20. The third kappa shape index (κ3) is 4.03. The Morgan fingerprint density at radius 2 is 1.96 bits per heavy atom. The highest BCUT2D eigenvalue weighted by atomic mass is 79.9. The lowest BCUT2D eigenvalue weighted by atomic mass is 10.2. The summed E-state index contributed by atoms with van der Waals surface area (Å²) >= 11 is 10.9. The lowest BCUT2D eigenvalue weighted by molar-refractivity contribution is 0.0985. The van der Waals surface area contributed by atoms with Crippen LogP contribution >= 0.6 is 38.9 Å². The van der Waals surface area contributed by atoms with Gasteiger partial charge in [-0.15, -0.1) is 0 Å². The molecular weight excluding hydrogens is 446 g/mol. The number of hydrogen-bond acceptors (Lipinski definition) is 4. The molecule has 27 heavy (non-hydrogen) atoms. The molecule has 134 valence electrons. The van der Waals surface area contributed by atoms with Gasteiger partial charge in [-0.05, 0) is 54.1 Å². The molecule has 2 heterocycles. The predicted octanol–water partition coefficient (Wildman–Crippen LogP) is 5.95.